The van der Waals surface area contributed by atoms with Crippen molar-refractivity contribution in [3.63, 3.8) is 0 Å². The Balaban J connectivity index is 2.20. The van der Waals surface area contributed by atoms with E-state index in [4.69, 9.17) is 27.9 Å². The average molecular weight is 416 g/mol. The highest BCUT2D eigenvalue weighted by Gasteiger charge is 2.21. The van der Waals surface area contributed by atoms with Crippen molar-refractivity contribution in [2.75, 3.05) is 7.11 Å². The summed E-state index contributed by atoms with van der Waals surface area (Å²) in [6.45, 7) is 4.12. The van der Waals surface area contributed by atoms with Gasteiger partial charge in [-0.05, 0) is 47.7 Å². The van der Waals surface area contributed by atoms with Gasteiger partial charge in [-0.15, -0.1) is 0 Å². The summed E-state index contributed by atoms with van der Waals surface area (Å²) in [5.74, 6) is 0.903. The van der Waals surface area contributed by atoms with Crippen molar-refractivity contribution >= 4 is 33.2 Å². The van der Waals surface area contributed by atoms with Gasteiger partial charge in [-0.1, -0.05) is 55.2 Å². The van der Waals surface area contributed by atoms with Gasteiger partial charge in [-0.25, -0.2) is 13.1 Å². The van der Waals surface area contributed by atoms with Crippen molar-refractivity contribution in [2.24, 2.45) is 5.92 Å². The lowest BCUT2D eigenvalue weighted by Crippen LogP contribution is -2.30. The van der Waals surface area contributed by atoms with E-state index in [9.17, 15) is 8.42 Å². The first-order valence-corrected chi connectivity index (χ1v) is 10.7. The molecule has 0 aliphatic heterocycles. The SMILES string of the molecule is COc1ccc([C@@H](CC(C)C)NS(=O)(=O)Cc2ccc(Cl)c(Cl)c2)cc1. The number of hydrogen-bond acceptors (Lipinski definition) is 3. The lowest BCUT2D eigenvalue weighted by atomic mass is 9.98. The van der Waals surface area contributed by atoms with Crippen LogP contribution in [0.5, 0.6) is 5.75 Å². The molecule has 1 N–H and O–H groups in total. The fourth-order valence-corrected chi connectivity index (χ4v) is 4.36. The smallest absolute Gasteiger partial charge is 0.216 e. The van der Waals surface area contributed by atoms with Crippen molar-refractivity contribution in [3.05, 3.63) is 63.6 Å². The molecule has 2 aromatic carbocycles. The standard InChI is InChI=1S/C19H23Cl2NO3S/c1-13(2)10-19(15-5-7-16(25-3)8-6-15)22-26(23,24)12-14-4-9-17(20)18(21)11-14/h4-9,11,13,19,22H,10,12H2,1-3H3/t19-/m1/s1. The van der Waals surface area contributed by atoms with Crippen LogP contribution in [0.4, 0.5) is 0 Å². The summed E-state index contributed by atoms with van der Waals surface area (Å²) in [5.41, 5.74) is 1.49. The minimum absolute atomic E-state index is 0.158. The van der Waals surface area contributed by atoms with Gasteiger partial charge in [-0.2, -0.15) is 0 Å². The number of ether oxygens (including phenoxy) is 1. The molecule has 2 aromatic rings. The molecule has 0 unspecified atom stereocenters. The zero-order valence-electron chi connectivity index (χ0n) is 15.0. The van der Waals surface area contributed by atoms with Crippen molar-refractivity contribution in [1.82, 2.24) is 4.72 Å². The first-order valence-electron chi connectivity index (χ1n) is 8.28. The number of hydrogen-bond donors (Lipinski definition) is 1. The van der Waals surface area contributed by atoms with E-state index in [0.29, 0.717) is 27.9 Å². The number of methoxy groups -OCH3 is 1. The second-order valence-corrected chi connectivity index (χ2v) is 9.15. The van der Waals surface area contributed by atoms with Gasteiger partial charge >= 0.3 is 0 Å². The van der Waals surface area contributed by atoms with Crippen LogP contribution < -0.4 is 9.46 Å². The second kappa shape index (κ2) is 9.09. The Kier molecular flexibility index (Phi) is 7.35. The third-order valence-corrected chi connectivity index (χ3v) is 5.98. The predicted octanol–water partition coefficient (Wildman–Crippen LogP) is 5.21. The van der Waals surface area contributed by atoms with Crippen LogP contribution in [0.1, 0.15) is 37.4 Å². The highest BCUT2D eigenvalue weighted by Crippen LogP contribution is 2.26. The van der Waals surface area contributed by atoms with Crippen molar-refractivity contribution in [1.29, 1.82) is 0 Å². The van der Waals surface area contributed by atoms with E-state index in [-0.39, 0.29) is 11.8 Å². The molecular formula is C19H23Cl2NO3S. The van der Waals surface area contributed by atoms with E-state index < -0.39 is 10.0 Å². The summed E-state index contributed by atoms with van der Waals surface area (Å²) < 4.78 is 33.3. The molecule has 0 aliphatic rings. The van der Waals surface area contributed by atoms with Crippen LogP contribution in [0.15, 0.2) is 42.5 Å². The van der Waals surface area contributed by atoms with Gasteiger partial charge in [0.15, 0.2) is 0 Å². The predicted molar refractivity (Wildman–Crippen MR) is 107 cm³/mol. The Morgan fingerprint density at radius 3 is 2.23 bits per heavy atom. The van der Waals surface area contributed by atoms with Crippen molar-refractivity contribution in [3.8, 4) is 5.75 Å². The fourth-order valence-electron chi connectivity index (χ4n) is 2.67. The Labute approximate surface area is 165 Å². The van der Waals surface area contributed by atoms with Gasteiger partial charge in [-0.3, -0.25) is 0 Å². The Bertz CT molecular complexity index is 836. The van der Waals surface area contributed by atoms with Crippen LogP contribution in [-0.4, -0.2) is 15.5 Å². The molecule has 0 aromatic heterocycles. The van der Waals surface area contributed by atoms with Gasteiger partial charge in [0.25, 0.3) is 0 Å². The van der Waals surface area contributed by atoms with Crippen molar-refractivity contribution in [2.45, 2.75) is 32.1 Å². The molecule has 4 nitrogen and oxygen atoms in total. The average Bonchev–Trinajstić information content (AvgIpc) is 2.57. The minimum Gasteiger partial charge on any atom is -0.497 e. The van der Waals surface area contributed by atoms with E-state index in [1.807, 2.05) is 24.3 Å². The molecule has 0 bridgehead atoms. The van der Waals surface area contributed by atoms with Crippen LogP contribution in [0.2, 0.25) is 10.0 Å². The zero-order valence-corrected chi connectivity index (χ0v) is 17.3. The topological polar surface area (TPSA) is 55.4 Å². The van der Waals surface area contributed by atoms with Gasteiger partial charge in [0.05, 0.1) is 22.9 Å². The molecule has 1 atom stereocenters. The van der Waals surface area contributed by atoms with Gasteiger partial charge in [0.2, 0.25) is 10.0 Å². The number of rotatable bonds is 8. The van der Waals surface area contributed by atoms with E-state index in [0.717, 1.165) is 11.3 Å². The third-order valence-electron chi connectivity index (χ3n) is 3.89. The fraction of sp³-hybridized carbons (Fsp3) is 0.368. The maximum Gasteiger partial charge on any atom is 0.216 e. The highest BCUT2D eigenvalue weighted by atomic mass is 35.5. The Morgan fingerprint density at radius 1 is 1.04 bits per heavy atom. The number of sulfonamides is 1. The molecule has 0 aliphatic carbocycles. The van der Waals surface area contributed by atoms with Crippen LogP contribution in [0.3, 0.4) is 0 Å². The summed E-state index contributed by atoms with van der Waals surface area (Å²) in [4.78, 5) is 0. The van der Waals surface area contributed by atoms with Crippen LogP contribution in [-0.2, 0) is 15.8 Å². The highest BCUT2D eigenvalue weighted by molar-refractivity contribution is 7.88. The molecule has 0 fully saturated rings. The molecule has 0 saturated heterocycles. The number of nitrogens with one attached hydrogen (secondary N) is 1. The first kappa shape index (κ1) is 21.0. The Morgan fingerprint density at radius 2 is 1.69 bits per heavy atom. The molecule has 26 heavy (non-hydrogen) atoms. The summed E-state index contributed by atoms with van der Waals surface area (Å²) in [5, 5.41) is 0.741. The quantitative estimate of drug-likeness (QED) is 0.643. The third kappa shape index (κ3) is 6.16. The largest absolute Gasteiger partial charge is 0.497 e. The van der Waals surface area contributed by atoms with Gasteiger partial charge in [0.1, 0.15) is 5.75 Å². The molecular weight excluding hydrogens is 393 g/mol. The lowest BCUT2D eigenvalue weighted by molar-refractivity contribution is 0.414. The van der Waals surface area contributed by atoms with E-state index in [2.05, 4.69) is 18.6 Å². The molecule has 0 saturated carbocycles. The zero-order chi connectivity index (χ0) is 19.3. The van der Waals surface area contributed by atoms with Crippen LogP contribution in [0, 0.1) is 5.92 Å². The van der Waals surface area contributed by atoms with Gasteiger partial charge < -0.3 is 4.74 Å². The van der Waals surface area contributed by atoms with Crippen molar-refractivity contribution < 1.29 is 13.2 Å². The van der Waals surface area contributed by atoms with E-state index in [1.54, 1.807) is 25.3 Å². The second-order valence-electron chi connectivity index (χ2n) is 6.58. The van der Waals surface area contributed by atoms with Crippen LogP contribution in [0.25, 0.3) is 0 Å². The minimum atomic E-state index is -3.56. The summed E-state index contributed by atoms with van der Waals surface area (Å²) >= 11 is 11.9. The summed E-state index contributed by atoms with van der Waals surface area (Å²) in [6, 6.07) is 12.0. The Hall–Kier alpha value is -1.27. The molecule has 0 heterocycles. The number of benzene rings is 2. The van der Waals surface area contributed by atoms with E-state index >= 15 is 0 Å². The molecule has 2 rings (SSSR count). The van der Waals surface area contributed by atoms with Crippen LogP contribution >= 0.6 is 23.2 Å². The maximum atomic E-state index is 12.7. The summed E-state index contributed by atoms with van der Waals surface area (Å²) in [6.07, 6.45) is 0.687. The molecule has 0 radical (unpaired) electrons. The molecule has 7 heteroatoms. The molecule has 0 spiro atoms. The normalized spacial score (nSPS) is 13.0. The summed E-state index contributed by atoms with van der Waals surface area (Å²) in [7, 11) is -1.96. The van der Waals surface area contributed by atoms with E-state index in [1.165, 1.54) is 0 Å². The molecule has 0 amide bonds. The maximum absolute atomic E-state index is 12.7. The monoisotopic (exact) mass is 415 g/mol. The van der Waals surface area contributed by atoms with Gasteiger partial charge in [0, 0.05) is 6.04 Å². The number of halogens is 2. The lowest BCUT2D eigenvalue weighted by Gasteiger charge is -2.21. The molecule has 142 valence electrons. The first-order chi connectivity index (χ1) is 12.2.